The van der Waals surface area contributed by atoms with Gasteiger partial charge < -0.3 is 10.6 Å². The summed E-state index contributed by atoms with van der Waals surface area (Å²) in [5.41, 5.74) is 7.35. The van der Waals surface area contributed by atoms with Crippen LogP contribution in [0.2, 0.25) is 5.02 Å². The molecule has 2 aromatic rings. The van der Waals surface area contributed by atoms with Crippen molar-refractivity contribution in [1.29, 1.82) is 0 Å². The molecule has 3 nitrogen and oxygen atoms in total. The molecule has 2 N–H and O–H groups in total. The summed E-state index contributed by atoms with van der Waals surface area (Å²) in [5.74, 6) is -0.179. The summed E-state index contributed by atoms with van der Waals surface area (Å²) in [6.07, 6.45) is 0. The number of amides is 1. The first-order chi connectivity index (χ1) is 8.61. The van der Waals surface area contributed by atoms with Gasteiger partial charge in [-0.1, -0.05) is 35.9 Å². The maximum Gasteiger partial charge on any atom is 0.260 e. The number of anilines is 2. The summed E-state index contributed by atoms with van der Waals surface area (Å²) < 4.78 is 0. The van der Waals surface area contributed by atoms with Gasteiger partial charge in [0, 0.05) is 12.7 Å². The van der Waals surface area contributed by atoms with Gasteiger partial charge in [-0.2, -0.15) is 0 Å². The van der Waals surface area contributed by atoms with E-state index in [4.69, 9.17) is 17.3 Å². The van der Waals surface area contributed by atoms with Crippen molar-refractivity contribution in [2.75, 3.05) is 17.7 Å². The van der Waals surface area contributed by atoms with Crippen LogP contribution in [0.25, 0.3) is 0 Å². The second kappa shape index (κ2) is 5.10. The van der Waals surface area contributed by atoms with Crippen molar-refractivity contribution in [3.05, 3.63) is 59.1 Å². The van der Waals surface area contributed by atoms with Gasteiger partial charge in [-0.05, 0) is 24.3 Å². The molecule has 0 aliphatic rings. The van der Waals surface area contributed by atoms with E-state index in [1.807, 2.05) is 30.3 Å². The number of hydrogen-bond donors (Lipinski definition) is 1. The molecule has 0 aliphatic carbocycles. The number of benzene rings is 2. The first-order valence-electron chi connectivity index (χ1n) is 5.48. The second-order valence-corrected chi connectivity index (χ2v) is 4.31. The summed E-state index contributed by atoms with van der Waals surface area (Å²) in [6.45, 7) is 0. The maximum absolute atomic E-state index is 12.3. The van der Waals surface area contributed by atoms with Crippen molar-refractivity contribution < 1.29 is 4.79 Å². The molecule has 0 aromatic heterocycles. The summed E-state index contributed by atoms with van der Waals surface area (Å²) >= 11 is 5.91. The third-order valence-electron chi connectivity index (χ3n) is 2.73. The topological polar surface area (TPSA) is 46.3 Å². The molecule has 0 atom stereocenters. The average molecular weight is 261 g/mol. The monoisotopic (exact) mass is 260 g/mol. The predicted octanol–water partition coefficient (Wildman–Crippen LogP) is 3.20. The summed E-state index contributed by atoms with van der Waals surface area (Å²) in [6, 6.07) is 14.4. The normalized spacial score (nSPS) is 10.1. The minimum Gasteiger partial charge on any atom is -0.397 e. The van der Waals surface area contributed by atoms with Crippen LogP contribution in [-0.2, 0) is 0 Å². The van der Waals surface area contributed by atoms with Crippen molar-refractivity contribution in [3.8, 4) is 0 Å². The van der Waals surface area contributed by atoms with Crippen molar-refractivity contribution in [2.45, 2.75) is 0 Å². The zero-order valence-electron chi connectivity index (χ0n) is 9.93. The molecular weight excluding hydrogens is 248 g/mol. The highest BCUT2D eigenvalue weighted by Gasteiger charge is 2.16. The Morgan fingerprint density at radius 3 is 2.44 bits per heavy atom. The van der Waals surface area contributed by atoms with Crippen LogP contribution in [0, 0.1) is 0 Å². The average Bonchev–Trinajstić information content (AvgIpc) is 2.41. The van der Waals surface area contributed by atoms with E-state index in [1.165, 1.54) is 0 Å². The number of carbonyl (C=O) groups is 1. The molecule has 1 amide bonds. The third kappa shape index (κ3) is 2.31. The fraction of sp³-hybridized carbons (Fsp3) is 0.0714. The van der Waals surface area contributed by atoms with E-state index in [1.54, 1.807) is 30.1 Å². The minimum absolute atomic E-state index is 0.179. The van der Waals surface area contributed by atoms with Crippen LogP contribution in [0.1, 0.15) is 10.4 Å². The van der Waals surface area contributed by atoms with E-state index in [0.29, 0.717) is 16.3 Å². The van der Waals surface area contributed by atoms with E-state index in [0.717, 1.165) is 5.69 Å². The highest BCUT2D eigenvalue weighted by Crippen LogP contribution is 2.24. The molecule has 0 saturated carbocycles. The SMILES string of the molecule is CN(C(=O)c1cccc(Cl)c1N)c1ccccc1. The molecule has 2 aromatic carbocycles. The Balaban J connectivity index is 2.35. The Kier molecular flexibility index (Phi) is 3.53. The van der Waals surface area contributed by atoms with E-state index in [9.17, 15) is 4.79 Å². The highest BCUT2D eigenvalue weighted by molar-refractivity contribution is 6.34. The van der Waals surface area contributed by atoms with Gasteiger partial charge in [0.2, 0.25) is 0 Å². The molecule has 0 bridgehead atoms. The van der Waals surface area contributed by atoms with Gasteiger partial charge in [-0.3, -0.25) is 4.79 Å². The van der Waals surface area contributed by atoms with Crippen LogP contribution < -0.4 is 10.6 Å². The number of hydrogen-bond acceptors (Lipinski definition) is 2. The van der Waals surface area contributed by atoms with Crippen LogP contribution in [-0.4, -0.2) is 13.0 Å². The minimum atomic E-state index is -0.179. The van der Waals surface area contributed by atoms with Crippen LogP contribution in [0.15, 0.2) is 48.5 Å². The molecular formula is C14H13ClN2O. The standard InChI is InChI=1S/C14H13ClN2O/c1-17(10-6-3-2-4-7-10)14(18)11-8-5-9-12(15)13(11)16/h2-9H,16H2,1H3. The third-order valence-corrected chi connectivity index (χ3v) is 3.06. The lowest BCUT2D eigenvalue weighted by Gasteiger charge is -2.18. The zero-order chi connectivity index (χ0) is 13.1. The van der Waals surface area contributed by atoms with Crippen LogP contribution in [0.4, 0.5) is 11.4 Å². The molecule has 18 heavy (non-hydrogen) atoms. The number of nitrogen functional groups attached to an aromatic ring is 1. The molecule has 4 heteroatoms. The zero-order valence-corrected chi connectivity index (χ0v) is 10.7. The Bertz CT molecular complexity index is 569. The number of para-hydroxylation sites is 2. The lowest BCUT2D eigenvalue weighted by molar-refractivity contribution is 0.0994. The predicted molar refractivity (Wildman–Crippen MR) is 75.0 cm³/mol. The Labute approximate surface area is 111 Å². The van der Waals surface area contributed by atoms with E-state index in [-0.39, 0.29) is 5.91 Å². The van der Waals surface area contributed by atoms with Crippen molar-refractivity contribution in [3.63, 3.8) is 0 Å². The van der Waals surface area contributed by atoms with E-state index < -0.39 is 0 Å². The van der Waals surface area contributed by atoms with Crippen LogP contribution in [0.3, 0.4) is 0 Å². The van der Waals surface area contributed by atoms with Gasteiger partial charge in [0.05, 0.1) is 16.3 Å². The number of rotatable bonds is 2. The van der Waals surface area contributed by atoms with E-state index in [2.05, 4.69) is 0 Å². The number of nitrogens with zero attached hydrogens (tertiary/aromatic N) is 1. The molecule has 0 aliphatic heterocycles. The second-order valence-electron chi connectivity index (χ2n) is 3.90. The lowest BCUT2D eigenvalue weighted by atomic mass is 10.1. The molecule has 0 heterocycles. The maximum atomic E-state index is 12.3. The number of carbonyl (C=O) groups excluding carboxylic acids is 1. The number of halogens is 1. The summed E-state index contributed by atoms with van der Waals surface area (Å²) in [5, 5.41) is 0.391. The lowest BCUT2D eigenvalue weighted by Crippen LogP contribution is -2.27. The molecule has 0 saturated heterocycles. The summed E-state index contributed by atoms with van der Waals surface area (Å²) in [4.78, 5) is 13.8. The van der Waals surface area contributed by atoms with Crippen LogP contribution in [0.5, 0.6) is 0 Å². The van der Waals surface area contributed by atoms with Gasteiger partial charge in [-0.25, -0.2) is 0 Å². The van der Waals surface area contributed by atoms with Gasteiger partial charge in [-0.15, -0.1) is 0 Å². The quantitative estimate of drug-likeness (QED) is 0.843. The summed E-state index contributed by atoms with van der Waals surface area (Å²) in [7, 11) is 1.71. The van der Waals surface area contributed by atoms with Gasteiger partial charge in [0.25, 0.3) is 5.91 Å². The molecule has 0 radical (unpaired) electrons. The first kappa shape index (κ1) is 12.5. The smallest absolute Gasteiger partial charge is 0.260 e. The van der Waals surface area contributed by atoms with Gasteiger partial charge in [0.1, 0.15) is 0 Å². The highest BCUT2D eigenvalue weighted by atomic mass is 35.5. The Morgan fingerprint density at radius 2 is 1.78 bits per heavy atom. The van der Waals surface area contributed by atoms with Crippen molar-refractivity contribution in [1.82, 2.24) is 0 Å². The van der Waals surface area contributed by atoms with Crippen molar-refractivity contribution >= 4 is 28.9 Å². The number of nitrogens with two attached hydrogens (primary N) is 1. The Hall–Kier alpha value is -2.00. The molecule has 92 valence electrons. The fourth-order valence-corrected chi connectivity index (χ4v) is 1.85. The molecule has 0 fully saturated rings. The Morgan fingerprint density at radius 1 is 1.11 bits per heavy atom. The van der Waals surface area contributed by atoms with Crippen LogP contribution >= 0.6 is 11.6 Å². The molecule has 0 spiro atoms. The largest absolute Gasteiger partial charge is 0.397 e. The first-order valence-corrected chi connectivity index (χ1v) is 5.86. The van der Waals surface area contributed by atoms with E-state index >= 15 is 0 Å². The van der Waals surface area contributed by atoms with Gasteiger partial charge in [0.15, 0.2) is 0 Å². The molecule has 2 rings (SSSR count). The van der Waals surface area contributed by atoms with Gasteiger partial charge >= 0.3 is 0 Å². The molecule has 0 unspecified atom stereocenters. The van der Waals surface area contributed by atoms with Crippen molar-refractivity contribution in [2.24, 2.45) is 0 Å². The fourth-order valence-electron chi connectivity index (χ4n) is 1.67.